The Labute approximate surface area is 171 Å². The van der Waals surface area contributed by atoms with Crippen LogP contribution in [0.3, 0.4) is 0 Å². The molecular weight excluding hydrogens is 392 g/mol. The maximum atomic E-state index is 12.6. The van der Waals surface area contributed by atoms with Crippen molar-refractivity contribution in [1.82, 2.24) is 0 Å². The first-order valence-electron chi connectivity index (χ1n) is 8.79. The van der Waals surface area contributed by atoms with Crippen molar-refractivity contribution in [3.05, 3.63) is 88.9 Å². The minimum absolute atomic E-state index is 0.196. The first kappa shape index (κ1) is 18.7. The molecule has 144 valence electrons. The van der Waals surface area contributed by atoms with E-state index in [2.05, 4.69) is 5.32 Å². The van der Waals surface area contributed by atoms with Gasteiger partial charge in [-0.3, -0.25) is 14.4 Å². The molecule has 4 rings (SSSR count). The van der Waals surface area contributed by atoms with E-state index < -0.39 is 0 Å². The number of carbonyl (C=O) groups excluding carboxylic acids is 3. The molecule has 0 aromatic heterocycles. The Morgan fingerprint density at radius 3 is 2.21 bits per heavy atom. The topological polar surface area (TPSA) is 75.7 Å². The van der Waals surface area contributed by atoms with Crippen LogP contribution in [-0.2, 0) is 4.79 Å². The smallest absolute Gasteiger partial charge is 0.266 e. The van der Waals surface area contributed by atoms with Crippen LogP contribution in [-0.4, -0.2) is 24.3 Å². The molecule has 1 heterocycles. The molecule has 29 heavy (non-hydrogen) atoms. The summed E-state index contributed by atoms with van der Waals surface area (Å²) in [7, 11) is 0. The highest BCUT2D eigenvalue weighted by Gasteiger charge is 2.36. The number of benzene rings is 3. The van der Waals surface area contributed by atoms with Gasteiger partial charge in [-0.15, -0.1) is 0 Å². The normalized spacial score (nSPS) is 12.7. The second-order valence-electron chi connectivity index (χ2n) is 6.33. The SMILES string of the molecule is O=C(COc1ccc(Cl)cc1)Nc1cccc(N2C(=O)c3ccccc3C2=O)c1. The molecular formula is C22H15ClN2O4. The number of nitrogens with zero attached hydrogens (tertiary/aromatic N) is 1. The number of hydrogen-bond donors (Lipinski definition) is 1. The number of carbonyl (C=O) groups is 3. The molecule has 1 aliphatic heterocycles. The summed E-state index contributed by atoms with van der Waals surface area (Å²) in [5.41, 5.74) is 1.56. The van der Waals surface area contributed by atoms with Gasteiger partial charge in [-0.2, -0.15) is 0 Å². The molecule has 0 saturated carbocycles. The lowest BCUT2D eigenvalue weighted by Crippen LogP contribution is -2.29. The molecule has 0 bridgehead atoms. The lowest BCUT2D eigenvalue weighted by atomic mass is 10.1. The zero-order chi connectivity index (χ0) is 20.4. The fourth-order valence-electron chi connectivity index (χ4n) is 3.02. The van der Waals surface area contributed by atoms with Gasteiger partial charge in [0, 0.05) is 10.7 Å². The van der Waals surface area contributed by atoms with Crippen LogP contribution in [0.25, 0.3) is 0 Å². The molecule has 0 unspecified atom stereocenters. The minimum Gasteiger partial charge on any atom is -0.484 e. The summed E-state index contributed by atoms with van der Waals surface area (Å²) in [4.78, 5) is 38.5. The van der Waals surface area contributed by atoms with Crippen molar-refractivity contribution in [2.45, 2.75) is 0 Å². The predicted molar refractivity (Wildman–Crippen MR) is 110 cm³/mol. The quantitative estimate of drug-likeness (QED) is 0.645. The van der Waals surface area contributed by atoms with Gasteiger partial charge >= 0.3 is 0 Å². The van der Waals surface area contributed by atoms with Gasteiger partial charge in [0.1, 0.15) is 5.75 Å². The van der Waals surface area contributed by atoms with Crippen LogP contribution in [0.4, 0.5) is 11.4 Å². The van der Waals surface area contributed by atoms with Gasteiger partial charge in [0.05, 0.1) is 16.8 Å². The average molecular weight is 407 g/mol. The van der Waals surface area contributed by atoms with E-state index in [1.807, 2.05) is 0 Å². The molecule has 1 N–H and O–H groups in total. The number of amides is 3. The zero-order valence-electron chi connectivity index (χ0n) is 15.1. The number of fused-ring (bicyclic) bond motifs is 1. The summed E-state index contributed by atoms with van der Waals surface area (Å²) in [6.45, 7) is -0.196. The lowest BCUT2D eigenvalue weighted by molar-refractivity contribution is -0.118. The molecule has 7 heteroatoms. The summed E-state index contributed by atoms with van der Waals surface area (Å²) in [6, 6.07) is 19.9. The highest BCUT2D eigenvalue weighted by molar-refractivity contribution is 6.34. The van der Waals surface area contributed by atoms with E-state index >= 15 is 0 Å². The van der Waals surface area contributed by atoms with Crippen molar-refractivity contribution in [2.75, 3.05) is 16.8 Å². The predicted octanol–water partition coefficient (Wildman–Crippen LogP) is 4.16. The van der Waals surface area contributed by atoms with E-state index in [1.165, 1.54) is 0 Å². The number of hydrogen-bond acceptors (Lipinski definition) is 4. The molecule has 0 atom stereocenters. The number of halogens is 1. The first-order chi connectivity index (χ1) is 14.0. The van der Waals surface area contributed by atoms with Crippen LogP contribution in [0.1, 0.15) is 20.7 Å². The highest BCUT2D eigenvalue weighted by atomic mass is 35.5. The molecule has 0 fully saturated rings. The third-order valence-electron chi connectivity index (χ3n) is 4.37. The summed E-state index contributed by atoms with van der Waals surface area (Å²) in [6.07, 6.45) is 0. The molecule has 1 aliphatic rings. The van der Waals surface area contributed by atoms with E-state index in [4.69, 9.17) is 16.3 Å². The Balaban J connectivity index is 1.45. The molecule has 3 aromatic carbocycles. The van der Waals surface area contributed by atoms with E-state index in [0.29, 0.717) is 33.3 Å². The molecule has 3 aromatic rings. The first-order valence-corrected chi connectivity index (χ1v) is 9.17. The minimum atomic E-state index is -0.389. The van der Waals surface area contributed by atoms with Crippen molar-refractivity contribution in [1.29, 1.82) is 0 Å². The Morgan fingerprint density at radius 1 is 0.897 bits per heavy atom. The number of ether oxygens (including phenoxy) is 1. The summed E-state index contributed by atoms with van der Waals surface area (Å²) in [5.74, 6) is -0.635. The van der Waals surface area contributed by atoms with E-state index in [1.54, 1.807) is 72.8 Å². The highest BCUT2D eigenvalue weighted by Crippen LogP contribution is 2.29. The second-order valence-corrected chi connectivity index (χ2v) is 6.77. The van der Waals surface area contributed by atoms with Gasteiger partial charge in [-0.05, 0) is 54.6 Å². The Kier molecular flexibility index (Phi) is 5.01. The monoisotopic (exact) mass is 406 g/mol. The number of nitrogens with one attached hydrogen (secondary N) is 1. The van der Waals surface area contributed by atoms with Gasteiger partial charge in [-0.1, -0.05) is 29.8 Å². The fraction of sp³-hybridized carbons (Fsp3) is 0.0455. The van der Waals surface area contributed by atoms with Crippen molar-refractivity contribution < 1.29 is 19.1 Å². The largest absolute Gasteiger partial charge is 0.484 e. The molecule has 0 radical (unpaired) electrons. The third-order valence-corrected chi connectivity index (χ3v) is 4.62. The summed E-state index contributed by atoms with van der Waals surface area (Å²) >= 11 is 5.81. The maximum absolute atomic E-state index is 12.6. The molecule has 0 spiro atoms. The van der Waals surface area contributed by atoms with Crippen LogP contribution in [0, 0.1) is 0 Å². The number of rotatable bonds is 5. The van der Waals surface area contributed by atoms with E-state index in [-0.39, 0.29) is 24.3 Å². The van der Waals surface area contributed by atoms with Gasteiger partial charge in [0.25, 0.3) is 17.7 Å². The Hall–Kier alpha value is -3.64. The standard InChI is InChI=1S/C22H15ClN2O4/c23-14-8-10-17(11-9-14)29-13-20(26)24-15-4-3-5-16(12-15)25-21(27)18-6-1-2-7-19(18)22(25)28/h1-12H,13H2,(H,24,26). The third kappa shape index (κ3) is 3.83. The molecule has 6 nitrogen and oxygen atoms in total. The lowest BCUT2D eigenvalue weighted by Gasteiger charge is -2.15. The summed E-state index contributed by atoms with van der Waals surface area (Å²) < 4.78 is 5.41. The van der Waals surface area contributed by atoms with Gasteiger partial charge < -0.3 is 10.1 Å². The van der Waals surface area contributed by atoms with Crippen LogP contribution >= 0.6 is 11.6 Å². The van der Waals surface area contributed by atoms with Crippen LogP contribution in [0.2, 0.25) is 5.02 Å². The van der Waals surface area contributed by atoms with Crippen molar-refractivity contribution in [3.8, 4) is 5.75 Å². The number of imide groups is 1. The number of anilines is 2. The van der Waals surface area contributed by atoms with Crippen molar-refractivity contribution in [2.24, 2.45) is 0 Å². The van der Waals surface area contributed by atoms with E-state index in [0.717, 1.165) is 4.90 Å². The van der Waals surface area contributed by atoms with Gasteiger partial charge in [0.2, 0.25) is 0 Å². The van der Waals surface area contributed by atoms with Crippen molar-refractivity contribution >= 4 is 40.7 Å². The second kappa shape index (κ2) is 7.77. The average Bonchev–Trinajstić information content (AvgIpc) is 2.98. The van der Waals surface area contributed by atoms with Crippen LogP contribution in [0.5, 0.6) is 5.75 Å². The Bertz CT molecular complexity index is 1080. The molecule has 0 saturated heterocycles. The van der Waals surface area contributed by atoms with Crippen LogP contribution < -0.4 is 15.0 Å². The van der Waals surface area contributed by atoms with Gasteiger partial charge in [-0.25, -0.2) is 4.90 Å². The maximum Gasteiger partial charge on any atom is 0.266 e. The molecule has 0 aliphatic carbocycles. The van der Waals surface area contributed by atoms with E-state index in [9.17, 15) is 14.4 Å². The van der Waals surface area contributed by atoms with Crippen LogP contribution in [0.15, 0.2) is 72.8 Å². The zero-order valence-corrected chi connectivity index (χ0v) is 15.8. The fourth-order valence-corrected chi connectivity index (χ4v) is 3.15. The molecule has 3 amide bonds. The summed E-state index contributed by atoms with van der Waals surface area (Å²) in [5, 5.41) is 3.27. The van der Waals surface area contributed by atoms with Crippen molar-refractivity contribution in [3.63, 3.8) is 0 Å². The Morgan fingerprint density at radius 2 is 1.55 bits per heavy atom. The van der Waals surface area contributed by atoms with Gasteiger partial charge in [0.15, 0.2) is 6.61 Å².